The fourth-order valence-corrected chi connectivity index (χ4v) is 3.55. The zero-order chi connectivity index (χ0) is 20.9. The molecule has 0 heterocycles. The second-order valence-electron chi connectivity index (χ2n) is 8.19. The fraction of sp³-hybridized carbons (Fsp3) is 0.480. The molecule has 1 N–H and O–H groups in total. The van der Waals surface area contributed by atoms with Crippen molar-refractivity contribution in [2.24, 2.45) is 5.92 Å². The molecule has 0 radical (unpaired) electrons. The molecular formula is C25H34O3. The number of allylic oxidation sites excluding steroid dienone is 6. The van der Waals surface area contributed by atoms with Gasteiger partial charge < -0.3 is 9.84 Å². The molecule has 152 valence electrons. The number of rotatable bonds is 8. The first kappa shape index (κ1) is 22.0. The van der Waals surface area contributed by atoms with Crippen molar-refractivity contribution in [1.82, 2.24) is 0 Å². The lowest BCUT2D eigenvalue weighted by molar-refractivity contribution is 0.0689. The van der Waals surface area contributed by atoms with Gasteiger partial charge in [0.25, 0.3) is 0 Å². The van der Waals surface area contributed by atoms with Crippen LogP contribution in [0.25, 0.3) is 0 Å². The smallest absolute Gasteiger partial charge is 0.339 e. The van der Waals surface area contributed by atoms with Crippen molar-refractivity contribution in [3.05, 3.63) is 64.8 Å². The number of aromatic carboxylic acids is 1. The highest BCUT2D eigenvalue weighted by Crippen LogP contribution is 2.38. The summed E-state index contributed by atoms with van der Waals surface area (Å²) in [6.07, 6.45) is 11.9. The number of hydrogen-bond donors (Lipinski definition) is 1. The van der Waals surface area contributed by atoms with E-state index in [1.165, 1.54) is 11.1 Å². The van der Waals surface area contributed by atoms with Crippen LogP contribution in [0.1, 0.15) is 76.7 Å². The van der Waals surface area contributed by atoms with Crippen molar-refractivity contribution < 1.29 is 14.6 Å². The van der Waals surface area contributed by atoms with Crippen LogP contribution in [0.5, 0.6) is 5.75 Å². The molecule has 1 aromatic carbocycles. The van der Waals surface area contributed by atoms with Crippen LogP contribution < -0.4 is 4.74 Å². The Bertz CT molecular complexity index is 796. The van der Waals surface area contributed by atoms with E-state index in [1.54, 1.807) is 12.1 Å². The van der Waals surface area contributed by atoms with Crippen molar-refractivity contribution in [2.75, 3.05) is 0 Å². The number of carboxylic acid groups (broad SMARTS) is 1. The van der Waals surface area contributed by atoms with Gasteiger partial charge in [0.1, 0.15) is 11.3 Å². The minimum Gasteiger partial charge on any atom is -0.490 e. The van der Waals surface area contributed by atoms with Gasteiger partial charge in [0.15, 0.2) is 0 Å². The van der Waals surface area contributed by atoms with E-state index in [2.05, 4.69) is 52.0 Å². The van der Waals surface area contributed by atoms with E-state index >= 15 is 0 Å². The number of carbonyl (C=O) groups is 1. The highest BCUT2D eigenvalue weighted by atomic mass is 16.5. The van der Waals surface area contributed by atoms with Gasteiger partial charge in [-0.05, 0) is 56.4 Å². The number of benzene rings is 1. The second-order valence-corrected chi connectivity index (χ2v) is 8.19. The van der Waals surface area contributed by atoms with E-state index < -0.39 is 5.97 Å². The molecule has 3 heteroatoms. The summed E-state index contributed by atoms with van der Waals surface area (Å²) in [4.78, 5) is 11.8. The largest absolute Gasteiger partial charge is 0.490 e. The molecule has 2 rings (SSSR count). The average Bonchev–Trinajstić information content (AvgIpc) is 2.68. The molecule has 28 heavy (non-hydrogen) atoms. The molecule has 0 aromatic heterocycles. The Morgan fingerprint density at radius 3 is 2.61 bits per heavy atom. The van der Waals surface area contributed by atoms with Gasteiger partial charge >= 0.3 is 5.97 Å². The van der Waals surface area contributed by atoms with E-state index in [-0.39, 0.29) is 17.1 Å². The molecule has 0 fully saturated rings. The van der Waals surface area contributed by atoms with Crippen LogP contribution in [0.3, 0.4) is 0 Å². The number of ether oxygens (including phenoxy) is 1. The minimum atomic E-state index is -0.954. The Morgan fingerprint density at radius 1 is 1.36 bits per heavy atom. The Labute approximate surface area is 169 Å². The monoisotopic (exact) mass is 382 g/mol. The van der Waals surface area contributed by atoms with Crippen molar-refractivity contribution >= 4 is 5.97 Å². The predicted octanol–water partition coefficient (Wildman–Crippen LogP) is 6.70. The van der Waals surface area contributed by atoms with Crippen LogP contribution >= 0.6 is 0 Å². The van der Waals surface area contributed by atoms with Gasteiger partial charge in [0.05, 0.1) is 6.10 Å². The normalized spacial score (nSPS) is 18.6. The van der Waals surface area contributed by atoms with Crippen molar-refractivity contribution in [3.63, 3.8) is 0 Å². The maximum Gasteiger partial charge on any atom is 0.339 e. The molecule has 1 aliphatic rings. The maximum absolute atomic E-state index is 11.8. The van der Waals surface area contributed by atoms with Gasteiger partial charge in [-0.15, -0.1) is 0 Å². The molecule has 1 aromatic rings. The Balaban J connectivity index is 2.31. The Hall–Kier alpha value is -2.29. The Morgan fingerprint density at radius 2 is 2.07 bits per heavy atom. The molecule has 1 aliphatic carbocycles. The van der Waals surface area contributed by atoms with Crippen molar-refractivity contribution in [1.29, 1.82) is 0 Å². The molecule has 0 amide bonds. The third kappa shape index (κ3) is 4.95. The van der Waals surface area contributed by atoms with Crippen molar-refractivity contribution in [3.8, 4) is 5.75 Å². The lowest BCUT2D eigenvalue weighted by atomic mass is 9.74. The SMILES string of the molecule is CCC=C(C)C1C=CC(C(C)(C)c2ccc(OC(C)CC)c(C(=O)O)c2)=CC1. The summed E-state index contributed by atoms with van der Waals surface area (Å²) in [5.41, 5.74) is 3.57. The fourth-order valence-electron chi connectivity index (χ4n) is 3.55. The van der Waals surface area contributed by atoms with Gasteiger partial charge in [-0.25, -0.2) is 4.79 Å². The second kappa shape index (κ2) is 9.27. The van der Waals surface area contributed by atoms with Crippen LogP contribution in [0.2, 0.25) is 0 Å². The number of carboxylic acids is 1. The van der Waals surface area contributed by atoms with Gasteiger partial charge in [-0.2, -0.15) is 0 Å². The lowest BCUT2D eigenvalue weighted by Crippen LogP contribution is -2.22. The molecule has 0 bridgehead atoms. The van der Waals surface area contributed by atoms with Gasteiger partial charge in [-0.1, -0.05) is 63.6 Å². The zero-order valence-electron chi connectivity index (χ0n) is 18.1. The maximum atomic E-state index is 11.8. The molecule has 2 unspecified atom stereocenters. The minimum absolute atomic E-state index is 0.0164. The third-order valence-electron chi connectivity index (χ3n) is 5.77. The summed E-state index contributed by atoms with van der Waals surface area (Å²) in [5.74, 6) is -0.0557. The predicted molar refractivity (Wildman–Crippen MR) is 116 cm³/mol. The molecule has 0 aliphatic heterocycles. The lowest BCUT2D eigenvalue weighted by Gasteiger charge is -2.31. The summed E-state index contributed by atoms with van der Waals surface area (Å²) in [7, 11) is 0. The zero-order valence-corrected chi connectivity index (χ0v) is 18.1. The number of hydrogen-bond acceptors (Lipinski definition) is 2. The van der Waals surface area contributed by atoms with E-state index in [4.69, 9.17) is 4.74 Å². The quantitative estimate of drug-likeness (QED) is 0.509. The van der Waals surface area contributed by atoms with Gasteiger partial charge in [0, 0.05) is 11.3 Å². The first-order valence-corrected chi connectivity index (χ1v) is 10.3. The van der Waals surface area contributed by atoms with Gasteiger partial charge in [-0.3, -0.25) is 0 Å². The summed E-state index contributed by atoms with van der Waals surface area (Å²) in [5, 5.41) is 9.68. The first-order valence-electron chi connectivity index (χ1n) is 10.3. The summed E-state index contributed by atoms with van der Waals surface area (Å²) < 4.78 is 5.82. The molecule has 2 atom stereocenters. The van der Waals surface area contributed by atoms with E-state index in [0.717, 1.165) is 24.8 Å². The molecule has 0 saturated heterocycles. The van der Waals surface area contributed by atoms with Crippen LogP contribution in [0, 0.1) is 5.92 Å². The van der Waals surface area contributed by atoms with E-state index in [0.29, 0.717) is 11.7 Å². The third-order valence-corrected chi connectivity index (χ3v) is 5.77. The average molecular weight is 383 g/mol. The topological polar surface area (TPSA) is 46.5 Å². The Kier molecular flexibility index (Phi) is 7.29. The summed E-state index contributed by atoms with van der Waals surface area (Å²) in [6.45, 7) is 12.6. The van der Waals surface area contributed by atoms with Gasteiger partial charge in [0.2, 0.25) is 0 Å². The summed E-state index contributed by atoms with van der Waals surface area (Å²) >= 11 is 0. The van der Waals surface area contributed by atoms with Crippen LogP contribution in [0.4, 0.5) is 0 Å². The van der Waals surface area contributed by atoms with Crippen LogP contribution in [-0.4, -0.2) is 17.2 Å². The first-order chi connectivity index (χ1) is 13.2. The molecule has 3 nitrogen and oxygen atoms in total. The molecule has 0 saturated carbocycles. The molecule has 0 spiro atoms. The van der Waals surface area contributed by atoms with E-state index in [9.17, 15) is 9.90 Å². The molecular weight excluding hydrogens is 348 g/mol. The van der Waals surface area contributed by atoms with Crippen LogP contribution in [-0.2, 0) is 5.41 Å². The van der Waals surface area contributed by atoms with E-state index in [1.807, 2.05) is 19.9 Å². The standard InChI is InChI=1S/C25H34O3/c1-7-9-17(3)19-10-12-20(13-11-19)25(5,6)21-14-15-23(28-18(4)8-2)22(16-21)24(26)27/h9-10,12-16,18-19H,7-8,11H2,1-6H3,(H,26,27). The van der Waals surface area contributed by atoms with Crippen molar-refractivity contribution in [2.45, 2.75) is 72.3 Å². The highest BCUT2D eigenvalue weighted by Gasteiger charge is 2.28. The summed E-state index contributed by atoms with van der Waals surface area (Å²) in [6, 6.07) is 5.56. The highest BCUT2D eigenvalue weighted by molar-refractivity contribution is 5.91. The van der Waals surface area contributed by atoms with Crippen LogP contribution in [0.15, 0.2) is 53.6 Å².